The van der Waals surface area contributed by atoms with Gasteiger partial charge >= 0.3 is 0 Å². The normalized spacial score (nSPS) is 15.0. The van der Waals surface area contributed by atoms with Crippen LogP contribution in [-0.4, -0.2) is 16.7 Å². The third kappa shape index (κ3) is 1.01. The molecular formula is C10H7NO3. The van der Waals surface area contributed by atoms with Crippen molar-refractivity contribution in [2.24, 2.45) is 0 Å². The van der Waals surface area contributed by atoms with Gasteiger partial charge in [-0.05, 0) is 6.07 Å². The van der Waals surface area contributed by atoms with Gasteiger partial charge in [-0.15, -0.1) is 0 Å². The molecule has 0 amide bonds. The lowest BCUT2D eigenvalue weighted by Gasteiger charge is -2.13. The van der Waals surface area contributed by atoms with Crippen LogP contribution in [-0.2, 0) is 4.79 Å². The first-order valence-electron chi connectivity index (χ1n) is 3.99. The van der Waals surface area contributed by atoms with Gasteiger partial charge in [-0.25, -0.2) is 0 Å². The maximum absolute atomic E-state index is 11.4. The summed E-state index contributed by atoms with van der Waals surface area (Å²) < 4.78 is 0. The number of fused-ring (bicyclic) bond motifs is 1. The van der Waals surface area contributed by atoms with Crippen molar-refractivity contribution in [3.63, 3.8) is 0 Å². The Balaban J connectivity index is 2.78. The maximum atomic E-state index is 11.4. The monoisotopic (exact) mass is 189 g/mol. The third-order valence-electron chi connectivity index (χ3n) is 2.09. The molecule has 0 heterocycles. The van der Waals surface area contributed by atoms with E-state index in [-0.39, 0.29) is 22.6 Å². The molecule has 0 radical (unpaired) electrons. The summed E-state index contributed by atoms with van der Waals surface area (Å²) in [4.78, 5) is 22.4. The van der Waals surface area contributed by atoms with Crippen LogP contribution in [0.4, 0.5) is 5.69 Å². The Labute approximate surface area is 79.7 Å². The molecule has 0 aliphatic heterocycles. The molecule has 1 aromatic rings. The molecule has 0 saturated carbocycles. The summed E-state index contributed by atoms with van der Waals surface area (Å²) >= 11 is 0. The number of hydrogen-bond donors (Lipinski definition) is 2. The minimum Gasteiger partial charge on any atom is -0.507 e. The van der Waals surface area contributed by atoms with Gasteiger partial charge in [-0.3, -0.25) is 9.59 Å². The number of carbonyl (C=O) groups is 2. The van der Waals surface area contributed by atoms with Gasteiger partial charge < -0.3 is 10.8 Å². The van der Waals surface area contributed by atoms with Crippen LogP contribution in [0.5, 0.6) is 0 Å². The number of Topliss-reactive ketones (excluding diaryl/α,β-unsaturated/α-hetero) is 1. The molecule has 4 heteroatoms. The number of hydrogen-bond acceptors (Lipinski definition) is 4. The number of nitrogen functional groups attached to an aromatic ring is 1. The van der Waals surface area contributed by atoms with Gasteiger partial charge in [-0.1, -0.05) is 12.1 Å². The molecule has 0 unspecified atom stereocenters. The standard InChI is InChI=1S/C10H7NO3/c11-6-3-1-2-5-9(6)7(12)4-8(13)10(5)14/h1-4,12H,11H2. The van der Waals surface area contributed by atoms with Crippen LogP contribution in [0, 0.1) is 0 Å². The summed E-state index contributed by atoms with van der Waals surface area (Å²) in [7, 11) is 0. The topological polar surface area (TPSA) is 80.4 Å². The lowest BCUT2D eigenvalue weighted by atomic mass is 9.93. The zero-order valence-corrected chi connectivity index (χ0v) is 7.15. The Morgan fingerprint density at radius 3 is 2.64 bits per heavy atom. The molecule has 3 N–H and O–H groups in total. The number of allylic oxidation sites excluding steroid dienone is 1. The third-order valence-corrected chi connectivity index (χ3v) is 2.09. The van der Waals surface area contributed by atoms with E-state index in [4.69, 9.17) is 5.73 Å². The molecule has 1 aliphatic rings. The van der Waals surface area contributed by atoms with Crippen molar-refractivity contribution in [3.8, 4) is 0 Å². The summed E-state index contributed by atoms with van der Waals surface area (Å²) in [5.74, 6) is -1.60. The number of benzene rings is 1. The molecule has 0 bridgehead atoms. The average molecular weight is 189 g/mol. The fourth-order valence-corrected chi connectivity index (χ4v) is 1.44. The van der Waals surface area contributed by atoms with Crippen LogP contribution in [0.3, 0.4) is 0 Å². The fourth-order valence-electron chi connectivity index (χ4n) is 1.44. The molecule has 0 atom stereocenters. The van der Waals surface area contributed by atoms with Crippen molar-refractivity contribution in [3.05, 3.63) is 35.4 Å². The summed E-state index contributed by atoms with van der Waals surface area (Å²) in [5, 5.41) is 9.44. The van der Waals surface area contributed by atoms with Crippen LogP contribution >= 0.6 is 0 Å². The minimum atomic E-state index is -0.722. The van der Waals surface area contributed by atoms with Gasteiger partial charge in [0, 0.05) is 17.3 Å². The van der Waals surface area contributed by atoms with Gasteiger partial charge in [0.25, 0.3) is 0 Å². The van der Waals surface area contributed by atoms with E-state index in [0.29, 0.717) is 0 Å². The molecular weight excluding hydrogens is 182 g/mol. The number of rotatable bonds is 0. The quantitative estimate of drug-likeness (QED) is 0.470. The molecule has 1 aliphatic carbocycles. The first-order chi connectivity index (χ1) is 6.61. The molecule has 0 aromatic heterocycles. The number of nitrogens with two attached hydrogens (primary N) is 1. The number of anilines is 1. The van der Waals surface area contributed by atoms with Crippen molar-refractivity contribution in [2.75, 3.05) is 5.73 Å². The van der Waals surface area contributed by atoms with E-state index in [9.17, 15) is 14.7 Å². The predicted octanol–water partition coefficient (Wildman–Crippen LogP) is 0.933. The lowest BCUT2D eigenvalue weighted by molar-refractivity contribution is -0.111. The largest absolute Gasteiger partial charge is 0.507 e. The van der Waals surface area contributed by atoms with E-state index in [1.54, 1.807) is 12.1 Å². The van der Waals surface area contributed by atoms with Crippen LogP contribution in [0.15, 0.2) is 24.3 Å². The van der Waals surface area contributed by atoms with Crippen molar-refractivity contribution in [1.29, 1.82) is 0 Å². The minimum absolute atomic E-state index is 0.162. The van der Waals surface area contributed by atoms with Crippen molar-refractivity contribution in [1.82, 2.24) is 0 Å². The average Bonchev–Trinajstić information content (AvgIpc) is 2.14. The van der Waals surface area contributed by atoms with Gasteiger partial charge in [0.2, 0.25) is 11.6 Å². The zero-order chi connectivity index (χ0) is 10.3. The SMILES string of the molecule is Nc1cccc2c1C(O)=CC(=O)C2=O. The van der Waals surface area contributed by atoms with E-state index >= 15 is 0 Å². The zero-order valence-electron chi connectivity index (χ0n) is 7.15. The smallest absolute Gasteiger partial charge is 0.233 e. The molecule has 1 aromatic carbocycles. The highest BCUT2D eigenvalue weighted by atomic mass is 16.3. The Kier molecular flexibility index (Phi) is 1.64. The highest BCUT2D eigenvalue weighted by molar-refractivity contribution is 6.50. The second-order valence-electron chi connectivity index (χ2n) is 2.99. The highest BCUT2D eigenvalue weighted by Crippen LogP contribution is 2.27. The number of ketones is 2. The van der Waals surface area contributed by atoms with Gasteiger partial charge in [0.1, 0.15) is 5.76 Å². The molecule has 2 rings (SSSR count). The van der Waals surface area contributed by atoms with Crippen LogP contribution in [0.2, 0.25) is 0 Å². The second-order valence-corrected chi connectivity index (χ2v) is 2.99. The van der Waals surface area contributed by atoms with E-state index in [1.807, 2.05) is 0 Å². The van der Waals surface area contributed by atoms with E-state index in [2.05, 4.69) is 0 Å². The number of aliphatic hydroxyl groups excluding tert-OH is 1. The second kappa shape index (κ2) is 2.70. The maximum Gasteiger partial charge on any atom is 0.233 e. The van der Waals surface area contributed by atoms with Gasteiger partial charge in [0.15, 0.2) is 0 Å². The predicted molar refractivity (Wildman–Crippen MR) is 50.8 cm³/mol. The molecule has 0 saturated heterocycles. The Morgan fingerprint density at radius 1 is 1.21 bits per heavy atom. The van der Waals surface area contributed by atoms with Gasteiger partial charge in [-0.2, -0.15) is 0 Å². The Bertz CT molecular complexity index is 474. The molecule has 0 spiro atoms. The van der Waals surface area contributed by atoms with E-state index in [0.717, 1.165) is 6.08 Å². The fraction of sp³-hybridized carbons (Fsp3) is 0. The Hall–Kier alpha value is -2.10. The lowest BCUT2D eigenvalue weighted by Crippen LogP contribution is -2.19. The van der Waals surface area contributed by atoms with E-state index < -0.39 is 11.6 Å². The van der Waals surface area contributed by atoms with Crippen molar-refractivity contribution >= 4 is 23.0 Å². The molecule has 70 valence electrons. The number of aliphatic hydroxyl groups is 1. The first-order valence-corrected chi connectivity index (χ1v) is 3.99. The van der Waals surface area contributed by atoms with Gasteiger partial charge in [0.05, 0.1) is 5.56 Å². The summed E-state index contributed by atoms with van der Waals surface area (Å²) in [6.45, 7) is 0. The highest BCUT2D eigenvalue weighted by Gasteiger charge is 2.26. The Morgan fingerprint density at radius 2 is 1.93 bits per heavy atom. The summed E-state index contributed by atoms with van der Waals surface area (Å²) in [5.41, 5.74) is 6.27. The molecule has 0 fully saturated rings. The van der Waals surface area contributed by atoms with Crippen molar-refractivity contribution in [2.45, 2.75) is 0 Å². The summed E-state index contributed by atoms with van der Waals surface area (Å²) in [6.07, 6.45) is 0.890. The van der Waals surface area contributed by atoms with E-state index in [1.165, 1.54) is 6.07 Å². The first kappa shape index (κ1) is 8.50. The van der Waals surface area contributed by atoms with Crippen LogP contribution in [0.1, 0.15) is 15.9 Å². The molecule has 4 nitrogen and oxygen atoms in total. The summed E-state index contributed by atoms with van der Waals surface area (Å²) in [6, 6.07) is 4.60. The van der Waals surface area contributed by atoms with Crippen LogP contribution < -0.4 is 5.73 Å². The molecule has 14 heavy (non-hydrogen) atoms. The van der Waals surface area contributed by atoms with Crippen molar-refractivity contribution < 1.29 is 14.7 Å². The number of carbonyl (C=O) groups excluding carboxylic acids is 2. The van der Waals surface area contributed by atoms with Crippen LogP contribution in [0.25, 0.3) is 5.76 Å².